The summed E-state index contributed by atoms with van der Waals surface area (Å²) >= 11 is 0. The molecule has 7 heteroatoms. The summed E-state index contributed by atoms with van der Waals surface area (Å²) in [6, 6.07) is 15.3. The number of nitrogen functional groups attached to an aromatic ring is 1. The van der Waals surface area contributed by atoms with Gasteiger partial charge in [-0.3, -0.25) is 0 Å². The van der Waals surface area contributed by atoms with Gasteiger partial charge in [-0.2, -0.15) is 0 Å². The van der Waals surface area contributed by atoms with E-state index >= 15 is 0 Å². The largest absolute Gasteiger partial charge is 0.478 e. The number of hydrogen-bond acceptors (Lipinski definition) is 4. The van der Waals surface area contributed by atoms with Crippen LogP contribution in [0.1, 0.15) is 45.9 Å². The Balaban J connectivity index is 1.91. The number of hydrogen-bond donors (Lipinski definition) is 3. The van der Waals surface area contributed by atoms with E-state index in [2.05, 4.69) is 4.57 Å². The van der Waals surface area contributed by atoms with Crippen molar-refractivity contribution in [1.29, 1.82) is 5.41 Å². The number of fused-ring (bicyclic) bond motifs is 1. The number of nitrogens with two attached hydrogens (primary N) is 1. The Kier molecular flexibility index (Phi) is 5.86. The molecule has 1 aromatic heterocycles. The lowest BCUT2D eigenvalue weighted by molar-refractivity contribution is 0.0696. The van der Waals surface area contributed by atoms with Crippen LogP contribution in [0.2, 0.25) is 0 Å². The molecule has 0 amide bonds. The van der Waals surface area contributed by atoms with E-state index in [9.17, 15) is 14.3 Å². The number of carbonyl (C=O) groups is 1. The molecule has 0 bridgehead atoms. The molecule has 1 saturated heterocycles. The van der Waals surface area contributed by atoms with Crippen LogP contribution in [0, 0.1) is 18.2 Å². The number of benzene rings is 3. The molecule has 6 nitrogen and oxygen atoms in total. The number of nitrogens with one attached hydrogen (secondary N) is 1. The van der Waals surface area contributed by atoms with Crippen LogP contribution in [0.4, 0.5) is 10.1 Å². The molecule has 1 aliphatic heterocycles. The first kappa shape index (κ1) is 22.8. The van der Waals surface area contributed by atoms with Crippen molar-refractivity contribution in [3.63, 3.8) is 0 Å². The van der Waals surface area contributed by atoms with E-state index in [1.807, 2.05) is 25.1 Å². The first-order valence-electron chi connectivity index (χ1n) is 11.6. The summed E-state index contributed by atoms with van der Waals surface area (Å²) < 4.78 is 21.6. The smallest absolute Gasteiger partial charge is 0.335 e. The number of aromatic carboxylic acids is 1. The highest BCUT2D eigenvalue weighted by Gasteiger charge is 2.29. The highest BCUT2D eigenvalue weighted by Crippen LogP contribution is 2.45. The van der Waals surface area contributed by atoms with Gasteiger partial charge in [0.15, 0.2) is 0 Å². The summed E-state index contributed by atoms with van der Waals surface area (Å²) in [5, 5.41) is 18.2. The van der Waals surface area contributed by atoms with Gasteiger partial charge in [-0.15, -0.1) is 0 Å². The standard InChI is InChI=1S/C28H26FN3O3/c1-16-12-18(28(33)34)2-7-22(16)26-23-14-24(31)19(15-30)13-25(23)32(21-5-3-20(29)4-6-21)27(26)17-8-10-35-11-9-17/h2-7,12-15,17,30H,8-11,31H2,1H3,(H,33,34). The first-order chi connectivity index (χ1) is 16.9. The fourth-order valence-electron chi connectivity index (χ4n) is 5.10. The number of ether oxygens (including phenoxy) is 1. The predicted molar refractivity (Wildman–Crippen MR) is 135 cm³/mol. The van der Waals surface area contributed by atoms with E-state index < -0.39 is 5.97 Å². The number of nitrogens with zero attached hydrogens (tertiary/aromatic N) is 1. The van der Waals surface area contributed by atoms with Gasteiger partial charge in [0.25, 0.3) is 0 Å². The highest BCUT2D eigenvalue weighted by molar-refractivity contribution is 6.05. The van der Waals surface area contributed by atoms with Gasteiger partial charge in [-0.25, -0.2) is 9.18 Å². The Morgan fingerprint density at radius 1 is 1.14 bits per heavy atom. The van der Waals surface area contributed by atoms with Crippen molar-refractivity contribution in [3.8, 4) is 16.8 Å². The van der Waals surface area contributed by atoms with E-state index in [0.717, 1.165) is 51.8 Å². The lowest BCUT2D eigenvalue weighted by Gasteiger charge is -2.26. The average molecular weight is 472 g/mol. The zero-order chi connectivity index (χ0) is 24.7. The van der Waals surface area contributed by atoms with Crippen molar-refractivity contribution in [2.45, 2.75) is 25.7 Å². The number of aryl methyl sites for hydroxylation is 1. The maximum absolute atomic E-state index is 13.8. The van der Waals surface area contributed by atoms with Gasteiger partial charge in [0, 0.05) is 58.9 Å². The Hall–Kier alpha value is -3.97. The second-order valence-corrected chi connectivity index (χ2v) is 8.94. The first-order valence-corrected chi connectivity index (χ1v) is 11.6. The third-order valence-corrected chi connectivity index (χ3v) is 6.80. The number of aromatic nitrogens is 1. The monoisotopic (exact) mass is 471 g/mol. The molecule has 5 rings (SSSR count). The van der Waals surface area contributed by atoms with Crippen LogP contribution in [0.5, 0.6) is 0 Å². The molecule has 0 atom stereocenters. The zero-order valence-corrected chi connectivity index (χ0v) is 19.3. The van der Waals surface area contributed by atoms with Crippen molar-refractivity contribution in [2.24, 2.45) is 0 Å². The third kappa shape index (κ3) is 3.98. The second-order valence-electron chi connectivity index (χ2n) is 8.94. The normalized spacial score (nSPS) is 14.3. The van der Waals surface area contributed by atoms with E-state index in [-0.39, 0.29) is 17.3 Å². The molecule has 0 unspecified atom stereocenters. The number of carboxylic acid groups (broad SMARTS) is 1. The van der Waals surface area contributed by atoms with Crippen LogP contribution < -0.4 is 5.73 Å². The van der Waals surface area contributed by atoms with Crippen molar-refractivity contribution in [1.82, 2.24) is 4.57 Å². The fourth-order valence-corrected chi connectivity index (χ4v) is 5.10. The molecular formula is C28H26FN3O3. The van der Waals surface area contributed by atoms with E-state index in [1.54, 1.807) is 24.3 Å². The molecule has 1 aliphatic rings. The minimum Gasteiger partial charge on any atom is -0.478 e. The lowest BCUT2D eigenvalue weighted by atomic mass is 9.88. The van der Waals surface area contributed by atoms with Crippen LogP contribution in [-0.2, 0) is 4.74 Å². The summed E-state index contributed by atoms with van der Waals surface area (Å²) in [6.45, 7) is 3.19. The average Bonchev–Trinajstić information content (AvgIpc) is 3.18. The van der Waals surface area contributed by atoms with Crippen LogP contribution in [-0.4, -0.2) is 35.1 Å². The Morgan fingerprint density at radius 2 is 1.86 bits per heavy atom. The fraction of sp³-hybridized carbons (Fsp3) is 0.214. The summed E-state index contributed by atoms with van der Waals surface area (Å²) in [7, 11) is 0. The Morgan fingerprint density at radius 3 is 2.49 bits per heavy atom. The molecule has 1 fully saturated rings. The number of rotatable bonds is 5. The molecule has 2 heterocycles. The highest BCUT2D eigenvalue weighted by atomic mass is 19.1. The van der Waals surface area contributed by atoms with Crippen LogP contribution in [0.15, 0.2) is 54.6 Å². The van der Waals surface area contributed by atoms with E-state index in [1.165, 1.54) is 18.3 Å². The minimum atomic E-state index is -0.974. The number of carboxylic acids is 1. The third-order valence-electron chi connectivity index (χ3n) is 6.80. The molecule has 0 radical (unpaired) electrons. The number of halogens is 1. The molecule has 0 aliphatic carbocycles. The molecule has 0 saturated carbocycles. The molecule has 0 spiro atoms. The van der Waals surface area contributed by atoms with Gasteiger partial charge in [0.05, 0.1) is 11.1 Å². The van der Waals surface area contributed by atoms with Gasteiger partial charge in [0.1, 0.15) is 5.82 Å². The summed E-state index contributed by atoms with van der Waals surface area (Å²) in [4.78, 5) is 11.6. The van der Waals surface area contributed by atoms with Crippen molar-refractivity contribution < 1.29 is 19.0 Å². The maximum atomic E-state index is 13.8. The molecule has 35 heavy (non-hydrogen) atoms. The SMILES string of the molecule is Cc1cc(C(=O)O)ccc1-c1c(C2CCOCC2)n(-c2ccc(F)cc2)c2cc(C=N)c(N)cc12. The van der Waals surface area contributed by atoms with Crippen LogP contribution in [0.25, 0.3) is 27.7 Å². The molecular weight excluding hydrogens is 445 g/mol. The predicted octanol–water partition coefficient (Wildman–Crippen LogP) is 5.92. The van der Waals surface area contributed by atoms with Crippen LogP contribution in [0.3, 0.4) is 0 Å². The Bertz CT molecular complexity index is 1450. The van der Waals surface area contributed by atoms with Crippen molar-refractivity contribution in [3.05, 3.63) is 82.8 Å². The van der Waals surface area contributed by atoms with E-state index in [4.69, 9.17) is 15.9 Å². The van der Waals surface area contributed by atoms with Gasteiger partial charge in [0.2, 0.25) is 0 Å². The minimum absolute atomic E-state index is 0.166. The summed E-state index contributed by atoms with van der Waals surface area (Å²) in [6.07, 6.45) is 2.88. The van der Waals surface area contributed by atoms with Gasteiger partial charge < -0.3 is 25.6 Å². The Labute approximate surface area is 202 Å². The van der Waals surface area contributed by atoms with Crippen molar-refractivity contribution in [2.75, 3.05) is 18.9 Å². The van der Waals surface area contributed by atoms with Gasteiger partial charge >= 0.3 is 5.97 Å². The molecule has 178 valence electrons. The molecule has 3 aromatic carbocycles. The number of anilines is 1. The maximum Gasteiger partial charge on any atom is 0.335 e. The van der Waals surface area contributed by atoms with E-state index in [0.29, 0.717) is 24.5 Å². The quantitative estimate of drug-likeness (QED) is 0.248. The van der Waals surface area contributed by atoms with Gasteiger partial charge in [-0.1, -0.05) is 6.07 Å². The molecule has 4 N–H and O–H groups in total. The second kappa shape index (κ2) is 9.00. The molecule has 4 aromatic rings. The van der Waals surface area contributed by atoms with Crippen LogP contribution >= 0.6 is 0 Å². The van der Waals surface area contributed by atoms with Gasteiger partial charge in [-0.05, 0) is 79.4 Å². The summed E-state index contributed by atoms with van der Waals surface area (Å²) in [5.74, 6) is -1.13. The van der Waals surface area contributed by atoms with Crippen molar-refractivity contribution >= 4 is 28.8 Å². The topological polar surface area (TPSA) is 101 Å². The zero-order valence-electron chi connectivity index (χ0n) is 19.3. The summed E-state index contributed by atoms with van der Waals surface area (Å²) in [5.41, 5.74) is 13.1. The lowest BCUT2D eigenvalue weighted by Crippen LogP contribution is -2.17.